The SMILES string of the molecule is COc1ccc(CNC(C)c2ccc(F)cc2F)c(Cl)c1OC. The van der Waals surface area contributed by atoms with E-state index in [1.807, 2.05) is 6.07 Å². The predicted octanol–water partition coefficient (Wildman–Crippen LogP) is 4.49. The van der Waals surface area contributed by atoms with E-state index < -0.39 is 11.6 Å². The zero-order valence-electron chi connectivity index (χ0n) is 13.1. The molecule has 0 aromatic heterocycles. The van der Waals surface area contributed by atoms with Crippen molar-refractivity contribution in [2.75, 3.05) is 14.2 Å². The standard InChI is InChI=1S/C17H18ClF2NO2/c1-10(13-6-5-12(19)8-14(13)20)21-9-11-4-7-15(22-2)17(23-3)16(11)18/h4-8,10,21H,9H2,1-3H3. The number of halogens is 3. The summed E-state index contributed by atoms with van der Waals surface area (Å²) in [6.07, 6.45) is 0. The Morgan fingerprint density at radius 3 is 2.48 bits per heavy atom. The molecule has 0 aliphatic rings. The van der Waals surface area contributed by atoms with Crippen LogP contribution in [-0.2, 0) is 6.54 Å². The summed E-state index contributed by atoms with van der Waals surface area (Å²) in [5.41, 5.74) is 1.18. The highest BCUT2D eigenvalue weighted by Gasteiger charge is 2.15. The van der Waals surface area contributed by atoms with Crippen LogP contribution in [0.2, 0.25) is 5.02 Å². The Morgan fingerprint density at radius 1 is 1.13 bits per heavy atom. The molecule has 2 aromatic carbocycles. The maximum Gasteiger partial charge on any atom is 0.179 e. The van der Waals surface area contributed by atoms with Gasteiger partial charge in [-0.05, 0) is 24.6 Å². The third kappa shape index (κ3) is 3.92. The van der Waals surface area contributed by atoms with E-state index in [-0.39, 0.29) is 6.04 Å². The van der Waals surface area contributed by atoms with E-state index in [0.29, 0.717) is 28.6 Å². The predicted molar refractivity (Wildman–Crippen MR) is 86.2 cm³/mol. The van der Waals surface area contributed by atoms with Gasteiger partial charge >= 0.3 is 0 Å². The molecule has 3 nitrogen and oxygen atoms in total. The highest BCUT2D eigenvalue weighted by Crippen LogP contribution is 2.37. The number of nitrogens with one attached hydrogen (secondary N) is 1. The summed E-state index contributed by atoms with van der Waals surface area (Å²) >= 11 is 6.31. The summed E-state index contributed by atoms with van der Waals surface area (Å²) in [5, 5.41) is 3.60. The van der Waals surface area contributed by atoms with Crippen molar-refractivity contribution in [2.45, 2.75) is 19.5 Å². The van der Waals surface area contributed by atoms with E-state index in [9.17, 15) is 8.78 Å². The monoisotopic (exact) mass is 341 g/mol. The minimum atomic E-state index is -0.596. The average molecular weight is 342 g/mol. The van der Waals surface area contributed by atoms with Crippen LogP contribution >= 0.6 is 11.6 Å². The van der Waals surface area contributed by atoms with Gasteiger partial charge in [0.2, 0.25) is 0 Å². The van der Waals surface area contributed by atoms with Crippen LogP contribution < -0.4 is 14.8 Å². The summed E-state index contributed by atoms with van der Waals surface area (Å²) in [6.45, 7) is 2.20. The van der Waals surface area contributed by atoms with Crippen LogP contribution in [0.5, 0.6) is 11.5 Å². The molecule has 0 aliphatic carbocycles. The molecule has 6 heteroatoms. The first kappa shape index (κ1) is 17.5. The Balaban J connectivity index is 2.14. The lowest BCUT2D eigenvalue weighted by Gasteiger charge is -2.17. The largest absolute Gasteiger partial charge is 0.493 e. The van der Waals surface area contributed by atoms with Gasteiger partial charge in [0, 0.05) is 24.2 Å². The van der Waals surface area contributed by atoms with Crippen molar-refractivity contribution in [1.29, 1.82) is 0 Å². The summed E-state index contributed by atoms with van der Waals surface area (Å²) < 4.78 is 37.2. The summed E-state index contributed by atoms with van der Waals surface area (Å²) in [4.78, 5) is 0. The Morgan fingerprint density at radius 2 is 1.87 bits per heavy atom. The first-order valence-electron chi connectivity index (χ1n) is 7.05. The van der Waals surface area contributed by atoms with Gasteiger partial charge < -0.3 is 14.8 Å². The second-order valence-electron chi connectivity index (χ2n) is 5.04. The number of rotatable bonds is 6. The molecule has 0 aliphatic heterocycles. The van der Waals surface area contributed by atoms with Crippen LogP contribution in [0.4, 0.5) is 8.78 Å². The highest BCUT2D eigenvalue weighted by atomic mass is 35.5. The number of benzene rings is 2. The topological polar surface area (TPSA) is 30.5 Å². The molecule has 0 saturated carbocycles. The molecular formula is C17H18ClF2NO2. The van der Waals surface area contributed by atoms with Crippen molar-refractivity contribution >= 4 is 11.6 Å². The highest BCUT2D eigenvalue weighted by molar-refractivity contribution is 6.33. The smallest absolute Gasteiger partial charge is 0.179 e. The van der Waals surface area contributed by atoms with Crippen LogP contribution in [-0.4, -0.2) is 14.2 Å². The average Bonchev–Trinajstić information content (AvgIpc) is 2.53. The molecule has 0 bridgehead atoms. The van der Waals surface area contributed by atoms with Crippen molar-refractivity contribution in [1.82, 2.24) is 5.32 Å². The van der Waals surface area contributed by atoms with Crippen molar-refractivity contribution in [2.24, 2.45) is 0 Å². The first-order valence-corrected chi connectivity index (χ1v) is 7.43. The second kappa shape index (κ2) is 7.62. The normalized spacial score (nSPS) is 12.1. The van der Waals surface area contributed by atoms with Gasteiger partial charge in [0.1, 0.15) is 11.6 Å². The van der Waals surface area contributed by atoms with E-state index in [0.717, 1.165) is 11.6 Å². The number of hydrogen-bond donors (Lipinski definition) is 1. The van der Waals surface area contributed by atoms with Crippen LogP contribution in [0.3, 0.4) is 0 Å². The van der Waals surface area contributed by atoms with Crippen LogP contribution in [0, 0.1) is 11.6 Å². The Bertz CT molecular complexity index is 695. The maximum atomic E-state index is 13.8. The molecule has 23 heavy (non-hydrogen) atoms. The van der Waals surface area contributed by atoms with Crippen molar-refractivity contribution < 1.29 is 18.3 Å². The van der Waals surface area contributed by atoms with Gasteiger partial charge in [-0.2, -0.15) is 0 Å². The quantitative estimate of drug-likeness (QED) is 0.840. The zero-order chi connectivity index (χ0) is 17.0. The maximum absolute atomic E-state index is 13.8. The van der Waals surface area contributed by atoms with Gasteiger partial charge in [-0.25, -0.2) is 8.78 Å². The molecule has 0 saturated heterocycles. The second-order valence-corrected chi connectivity index (χ2v) is 5.42. The molecular weight excluding hydrogens is 324 g/mol. The molecule has 1 N–H and O–H groups in total. The lowest BCUT2D eigenvalue weighted by molar-refractivity contribution is 0.354. The van der Waals surface area contributed by atoms with E-state index in [1.165, 1.54) is 26.4 Å². The third-order valence-corrected chi connectivity index (χ3v) is 4.01. The molecule has 0 radical (unpaired) electrons. The van der Waals surface area contributed by atoms with Crippen molar-refractivity contribution in [3.05, 3.63) is 58.1 Å². The number of hydrogen-bond acceptors (Lipinski definition) is 3. The molecule has 124 valence electrons. The first-order chi connectivity index (χ1) is 11.0. The summed E-state index contributed by atoms with van der Waals surface area (Å²) in [5.74, 6) is -0.183. The minimum absolute atomic E-state index is 0.306. The third-order valence-electron chi connectivity index (χ3n) is 3.59. The fourth-order valence-corrected chi connectivity index (χ4v) is 2.59. The molecule has 0 fully saturated rings. The van der Waals surface area contributed by atoms with Crippen LogP contribution in [0.1, 0.15) is 24.1 Å². The zero-order valence-corrected chi connectivity index (χ0v) is 13.9. The van der Waals surface area contributed by atoms with Gasteiger partial charge in [0.15, 0.2) is 11.5 Å². The van der Waals surface area contributed by atoms with E-state index >= 15 is 0 Å². The van der Waals surface area contributed by atoms with Crippen LogP contribution in [0.15, 0.2) is 30.3 Å². The molecule has 2 rings (SSSR count). The van der Waals surface area contributed by atoms with Gasteiger partial charge in [0.05, 0.1) is 19.2 Å². The molecule has 0 amide bonds. The molecule has 1 unspecified atom stereocenters. The van der Waals surface area contributed by atoms with Crippen molar-refractivity contribution in [3.8, 4) is 11.5 Å². The number of methoxy groups -OCH3 is 2. The van der Waals surface area contributed by atoms with Gasteiger partial charge in [0.25, 0.3) is 0 Å². The van der Waals surface area contributed by atoms with E-state index in [1.54, 1.807) is 13.0 Å². The molecule has 0 heterocycles. The van der Waals surface area contributed by atoms with Gasteiger partial charge in [-0.3, -0.25) is 0 Å². The Labute approximate surface area is 139 Å². The lowest BCUT2D eigenvalue weighted by Crippen LogP contribution is -2.19. The van der Waals surface area contributed by atoms with Crippen molar-refractivity contribution in [3.63, 3.8) is 0 Å². The Hall–Kier alpha value is -1.85. The fourth-order valence-electron chi connectivity index (χ4n) is 2.29. The Kier molecular flexibility index (Phi) is 5.80. The van der Waals surface area contributed by atoms with E-state index in [2.05, 4.69) is 5.32 Å². The van der Waals surface area contributed by atoms with Gasteiger partial charge in [-0.1, -0.05) is 23.7 Å². The summed E-state index contributed by atoms with van der Waals surface area (Å²) in [6, 6.07) is 6.80. The summed E-state index contributed by atoms with van der Waals surface area (Å²) in [7, 11) is 3.04. The van der Waals surface area contributed by atoms with Crippen LogP contribution in [0.25, 0.3) is 0 Å². The molecule has 2 aromatic rings. The lowest BCUT2D eigenvalue weighted by atomic mass is 10.1. The number of ether oxygens (including phenoxy) is 2. The minimum Gasteiger partial charge on any atom is -0.493 e. The van der Waals surface area contributed by atoms with E-state index in [4.69, 9.17) is 21.1 Å². The van der Waals surface area contributed by atoms with Gasteiger partial charge in [-0.15, -0.1) is 0 Å². The fraction of sp³-hybridized carbons (Fsp3) is 0.294. The molecule has 0 spiro atoms. The molecule has 1 atom stereocenters.